The van der Waals surface area contributed by atoms with Crippen LogP contribution in [0.4, 0.5) is 0 Å². The number of hydrogen-bond donors (Lipinski definition) is 3. The molecular weight excluding hydrogens is 492 g/mol. The number of unbranched alkanes of at least 4 members (excludes halogenated alkanes) is 24. The Bertz CT molecular complexity index is 491. The van der Waals surface area contributed by atoms with E-state index in [1.807, 2.05) is 0 Å². The highest BCUT2D eigenvalue weighted by Gasteiger charge is 2.07. The maximum atomic E-state index is 12.1. The summed E-state index contributed by atoms with van der Waals surface area (Å²) in [6, 6.07) is 0. The molecular formula is C36H72N2O2. The van der Waals surface area contributed by atoms with Gasteiger partial charge in [-0.2, -0.15) is 0 Å². The van der Waals surface area contributed by atoms with Crippen molar-refractivity contribution in [3.8, 4) is 0 Å². The van der Waals surface area contributed by atoms with Gasteiger partial charge in [0.15, 0.2) is 0 Å². The summed E-state index contributed by atoms with van der Waals surface area (Å²) in [6.07, 6.45) is 35.8. The van der Waals surface area contributed by atoms with Gasteiger partial charge >= 0.3 is 0 Å². The Morgan fingerprint density at radius 1 is 0.500 bits per heavy atom. The normalized spacial score (nSPS) is 12.0. The molecule has 238 valence electrons. The molecule has 1 amide bonds. The lowest BCUT2D eigenvalue weighted by Gasteiger charge is -2.15. The quantitative estimate of drug-likeness (QED) is 0.0695. The Morgan fingerprint density at radius 2 is 0.800 bits per heavy atom. The van der Waals surface area contributed by atoms with Gasteiger partial charge in [0.05, 0.1) is 6.10 Å². The van der Waals surface area contributed by atoms with Crippen molar-refractivity contribution in [1.82, 2.24) is 10.6 Å². The highest BCUT2D eigenvalue weighted by molar-refractivity contribution is 5.75. The van der Waals surface area contributed by atoms with Crippen LogP contribution >= 0.6 is 0 Å². The topological polar surface area (TPSA) is 61.4 Å². The molecule has 0 heterocycles. The molecule has 0 aliphatic rings. The van der Waals surface area contributed by atoms with E-state index in [2.05, 4.69) is 31.1 Å². The molecule has 0 fully saturated rings. The minimum absolute atomic E-state index is 0.0629. The molecule has 0 aromatic carbocycles. The summed E-state index contributed by atoms with van der Waals surface area (Å²) in [5.74, 6) is 0.0629. The van der Waals surface area contributed by atoms with Crippen molar-refractivity contribution in [3.63, 3.8) is 0 Å². The molecule has 0 aliphatic heterocycles. The van der Waals surface area contributed by atoms with E-state index >= 15 is 0 Å². The highest BCUT2D eigenvalue weighted by atomic mass is 16.3. The van der Waals surface area contributed by atoms with Gasteiger partial charge < -0.3 is 15.7 Å². The molecule has 1 atom stereocenters. The Balaban J connectivity index is 3.39. The summed E-state index contributed by atoms with van der Waals surface area (Å²) in [7, 11) is 0. The Hall–Kier alpha value is -1.03. The summed E-state index contributed by atoms with van der Waals surface area (Å²) >= 11 is 0. The van der Waals surface area contributed by atoms with E-state index in [0.717, 1.165) is 31.4 Å². The van der Waals surface area contributed by atoms with Crippen molar-refractivity contribution in [2.24, 2.45) is 0 Å². The second kappa shape index (κ2) is 32.5. The summed E-state index contributed by atoms with van der Waals surface area (Å²) in [5.41, 5.74) is 1.00. The Kier molecular flexibility index (Phi) is 31.6. The molecule has 0 radical (unpaired) electrons. The number of carbonyl (C=O) groups is 1. The van der Waals surface area contributed by atoms with E-state index in [1.165, 1.54) is 148 Å². The van der Waals surface area contributed by atoms with Crippen LogP contribution in [0.5, 0.6) is 0 Å². The first kappa shape index (κ1) is 39.0. The molecule has 0 aromatic rings. The minimum atomic E-state index is -0.570. The number of aliphatic hydroxyl groups excluding tert-OH is 1. The van der Waals surface area contributed by atoms with E-state index in [1.54, 1.807) is 0 Å². The summed E-state index contributed by atoms with van der Waals surface area (Å²) in [5, 5.41) is 16.3. The van der Waals surface area contributed by atoms with Gasteiger partial charge in [-0.05, 0) is 19.3 Å². The van der Waals surface area contributed by atoms with Crippen LogP contribution in [0.3, 0.4) is 0 Å². The molecule has 4 nitrogen and oxygen atoms in total. The van der Waals surface area contributed by atoms with Gasteiger partial charge in [-0.15, -0.1) is 0 Å². The Labute approximate surface area is 251 Å². The molecule has 0 bridgehead atoms. The van der Waals surface area contributed by atoms with Crippen molar-refractivity contribution in [2.45, 2.75) is 200 Å². The first-order valence-electron chi connectivity index (χ1n) is 18.0. The van der Waals surface area contributed by atoms with Crippen LogP contribution in [0, 0.1) is 0 Å². The van der Waals surface area contributed by atoms with Crippen LogP contribution in [-0.2, 0) is 4.79 Å². The lowest BCUT2D eigenvalue weighted by Crippen LogP contribution is -2.37. The van der Waals surface area contributed by atoms with Gasteiger partial charge in [-0.3, -0.25) is 4.79 Å². The number of amides is 1. The molecule has 0 rings (SSSR count). The van der Waals surface area contributed by atoms with Gasteiger partial charge in [0, 0.05) is 25.2 Å². The van der Waals surface area contributed by atoms with E-state index in [4.69, 9.17) is 0 Å². The molecule has 4 heteroatoms. The monoisotopic (exact) mass is 565 g/mol. The van der Waals surface area contributed by atoms with Crippen LogP contribution in [0.15, 0.2) is 12.3 Å². The summed E-state index contributed by atoms with van der Waals surface area (Å²) < 4.78 is 0. The largest absolute Gasteiger partial charge is 0.389 e. The van der Waals surface area contributed by atoms with Crippen molar-refractivity contribution < 1.29 is 9.90 Å². The van der Waals surface area contributed by atoms with Gasteiger partial charge in [0.2, 0.25) is 5.91 Å². The van der Waals surface area contributed by atoms with Crippen LogP contribution in [-0.4, -0.2) is 30.2 Å². The zero-order valence-electron chi connectivity index (χ0n) is 27.4. The highest BCUT2D eigenvalue weighted by Crippen LogP contribution is 2.14. The van der Waals surface area contributed by atoms with Crippen LogP contribution < -0.4 is 10.6 Å². The molecule has 0 aliphatic carbocycles. The average molecular weight is 565 g/mol. The molecule has 3 N–H and O–H groups in total. The van der Waals surface area contributed by atoms with E-state index in [0.29, 0.717) is 19.5 Å². The standard InChI is InChI=1S/C36H72N2O2/c1-4-6-8-10-12-14-16-18-20-22-24-26-28-30-34(3)37-32-35(39)33-38-36(40)31-29-27-25-23-21-19-17-15-13-11-9-7-5-2/h35,37,39H,3-33H2,1-2H3,(H,38,40). The molecule has 0 saturated heterocycles. The molecule has 40 heavy (non-hydrogen) atoms. The Morgan fingerprint density at radius 3 is 1.18 bits per heavy atom. The zero-order valence-corrected chi connectivity index (χ0v) is 27.4. The molecule has 0 aromatic heterocycles. The lowest BCUT2D eigenvalue weighted by atomic mass is 10.0. The van der Waals surface area contributed by atoms with E-state index in [-0.39, 0.29) is 5.91 Å². The van der Waals surface area contributed by atoms with Gasteiger partial charge in [0.1, 0.15) is 0 Å². The van der Waals surface area contributed by atoms with E-state index < -0.39 is 6.10 Å². The lowest BCUT2D eigenvalue weighted by molar-refractivity contribution is -0.121. The third-order valence-corrected chi connectivity index (χ3v) is 8.21. The maximum absolute atomic E-state index is 12.1. The van der Waals surface area contributed by atoms with Crippen molar-refractivity contribution in [3.05, 3.63) is 12.3 Å². The second-order valence-electron chi connectivity index (χ2n) is 12.4. The summed E-state index contributed by atoms with van der Waals surface area (Å²) in [6.45, 7) is 9.43. The number of rotatable bonds is 33. The molecule has 0 saturated carbocycles. The van der Waals surface area contributed by atoms with Crippen molar-refractivity contribution in [2.75, 3.05) is 13.1 Å². The van der Waals surface area contributed by atoms with Gasteiger partial charge in [-0.1, -0.05) is 175 Å². The smallest absolute Gasteiger partial charge is 0.220 e. The van der Waals surface area contributed by atoms with Crippen LogP contribution in [0.2, 0.25) is 0 Å². The SMILES string of the molecule is C=C(CCCCCCCCCCCCCCC)NCC(O)CNC(=O)CCCCCCCCCCCCCCC. The fourth-order valence-electron chi connectivity index (χ4n) is 5.40. The first-order chi connectivity index (χ1) is 19.6. The fourth-order valence-corrected chi connectivity index (χ4v) is 5.40. The van der Waals surface area contributed by atoms with Gasteiger partial charge in [-0.25, -0.2) is 0 Å². The number of carbonyl (C=O) groups excluding carboxylic acids is 1. The number of hydrogen-bond acceptors (Lipinski definition) is 3. The maximum Gasteiger partial charge on any atom is 0.220 e. The van der Waals surface area contributed by atoms with Crippen LogP contribution in [0.1, 0.15) is 194 Å². The number of allylic oxidation sites excluding steroid dienone is 1. The zero-order chi connectivity index (χ0) is 29.4. The average Bonchev–Trinajstić information content (AvgIpc) is 2.95. The predicted octanol–water partition coefficient (Wildman–Crippen LogP) is 10.5. The fraction of sp³-hybridized carbons (Fsp3) is 0.917. The second-order valence-corrected chi connectivity index (χ2v) is 12.4. The summed E-state index contributed by atoms with van der Waals surface area (Å²) in [4.78, 5) is 12.1. The predicted molar refractivity (Wildman–Crippen MR) is 177 cm³/mol. The number of aliphatic hydroxyl groups is 1. The van der Waals surface area contributed by atoms with Crippen molar-refractivity contribution >= 4 is 5.91 Å². The first-order valence-corrected chi connectivity index (χ1v) is 18.0. The van der Waals surface area contributed by atoms with Crippen LogP contribution in [0.25, 0.3) is 0 Å². The van der Waals surface area contributed by atoms with Crippen molar-refractivity contribution in [1.29, 1.82) is 0 Å². The number of nitrogens with one attached hydrogen (secondary N) is 2. The molecule has 1 unspecified atom stereocenters. The third kappa shape index (κ3) is 31.5. The van der Waals surface area contributed by atoms with Gasteiger partial charge in [0.25, 0.3) is 0 Å². The minimum Gasteiger partial charge on any atom is -0.389 e. The molecule has 0 spiro atoms. The van der Waals surface area contributed by atoms with E-state index in [9.17, 15) is 9.90 Å². The third-order valence-electron chi connectivity index (χ3n) is 8.21.